The Hall–Kier alpha value is 0.160. The van der Waals surface area contributed by atoms with Crippen LogP contribution in [0.5, 0.6) is 0 Å². The fourth-order valence-electron chi connectivity index (χ4n) is 1.52. The summed E-state index contributed by atoms with van der Waals surface area (Å²) in [6.07, 6.45) is 3.25. The van der Waals surface area contributed by atoms with E-state index in [9.17, 15) is 8.42 Å². The third-order valence-corrected chi connectivity index (χ3v) is 3.55. The van der Waals surface area contributed by atoms with E-state index in [1.165, 1.54) is 10.6 Å². The van der Waals surface area contributed by atoms with Gasteiger partial charge in [-0.2, -0.15) is 0 Å². The first-order valence-corrected chi connectivity index (χ1v) is 6.04. The first-order valence-electron chi connectivity index (χ1n) is 4.19. The molecular formula is C7H17ClN2O2S. The van der Waals surface area contributed by atoms with Gasteiger partial charge in [-0.3, -0.25) is 0 Å². The van der Waals surface area contributed by atoms with Gasteiger partial charge < -0.3 is 5.73 Å². The van der Waals surface area contributed by atoms with Gasteiger partial charge in [-0.25, -0.2) is 12.7 Å². The van der Waals surface area contributed by atoms with Gasteiger partial charge in [0.05, 0.1) is 6.26 Å². The molecule has 0 unspecified atom stereocenters. The summed E-state index contributed by atoms with van der Waals surface area (Å²) >= 11 is 0. The second kappa shape index (κ2) is 5.14. The van der Waals surface area contributed by atoms with Crippen molar-refractivity contribution in [2.75, 3.05) is 25.9 Å². The van der Waals surface area contributed by atoms with E-state index in [2.05, 4.69) is 0 Å². The Kier molecular flexibility index (Phi) is 5.21. The third kappa shape index (κ3) is 3.81. The number of halogens is 1. The standard InChI is InChI=1S/C7H16N2O2S.ClH/c1-12(10,11)9-4-2-3-7(5-8)6-9;/h7H,2-6,8H2,1H3;1H/t7-;/m1./s1. The van der Waals surface area contributed by atoms with E-state index >= 15 is 0 Å². The number of piperidine rings is 1. The van der Waals surface area contributed by atoms with Crippen molar-refractivity contribution in [2.45, 2.75) is 12.8 Å². The maximum absolute atomic E-state index is 11.1. The lowest BCUT2D eigenvalue weighted by molar-refractivity contribution is 0.273. The van der Waals surface area contributed by atoms with E-state index in [1.807, 2.05) is 0 Å². The van der Waals surface area contributed by atoms with E-state index in [4.69, 9.17) is 5.73 Å². The maximum Gasteiger partial charge on any atom is 0.211 e. The molecule has 4 nitrogen and oxygen atoms in total. The van der Waals surface area contributed by atoms with Gasteiger partial charge in [0.2, 0.25) is 10.0 Å². The summed E-state index contributed by atoms with van der Waals surface area (Å²) in [5.41, 5.74) is 5.49. The Bertz CT molecular complexity index is 243. The second-order valence-corrected chi connectivity index (χ2v) is 5.35. The van der Waals surface area contributed by atoms with E-state index in [0.717, 1.165) is 12.8 Å². The molecule has 0 spiro atoms. The lowest BCUT2D eigenvalue weighted by atomic mass is 10.0. The van der Waals surface area contributed by atoms with Gasteiger partial charge in [-0.05, 0) is 25.3 Å². The van der Waals surface area contributed by atoms with Crippen molar-refractivity contribution in [1.82, 2.24) is 4.31 Å². The van der Waals surface area contributed by atoms with E-state index in [-0.39, 0.29) is 12.4 Å². The Morgan fingerprint density at radius 3 is 2.62 bits per heavy atom. The summed E-state index contributed by atoms with van der Waals surface area (Å²) in [5.74, 6) is 0.355. The molecule has 0 amide bonds. The van der Waals surface area contributed by atoms with E-state index in [0.29, 0.717) is 25.6 Å². The molecule has 1 heterocycles. The number of nitrogens with two attached hydrogens (primary N) is 1. The molecule has 0 radical (unpaired) electrons. The van der Waals surface area contributed by atoms with Crippen molar-refractivity contribution in [3.05, 3.63) is 0 Å². The Labute approximate surface area is 85.9 Å². The van der Waals surface area contributed by atoms with Gasteiger partial charge >= 0.3 is 0 Å². The number of rotatable bonds is 2. The molecule has 0 aliphatic carbocycles. The van der Waals surface area contributed by atoms with Crippen LogP contribution in [0.15, 0.2) is 0 Å². The molecule has 1 aliphatic rings. The van der Waals surface area contributed by atoms with Crippen LogP contribution in [-0.2, 0) is 10.0 Å². The minimum atomic E-state index is -2.99. The van der Waals surface area contributed by atoms with Crippen LogP contribution in [0, 0.1) is 5.92 Å². The van der Waals surface area contributed by atoms with Crippen LogP contribution in [0.1, 0.15) is 12.8 Å². The topological polar surface area (TPSA) is 63.4 Å². The zero-order valence-corrected chi connectivity index (χ0v) is 9.40. The summed E-state index contributed by atoms with van der Waals surface area (Å²) in [4.78, 5) is 0. The van der Waals surface area contributed by atoms with Crippen LogP contribution in [0.4, 0.5) is 0 Å². The zero-order chi connectivity index (χ0) is 9.19. The molecule has 6 heteroatoms. The predicted octanol–water partition coefficient (Wildman–Crippen LogP) is 0.0385. The van der Waals surface area contributed by atoms with Gasteiger partial charge in [0.25, 0.3) is 0 Å². The zero-order valence-electron chi connectivity index (χ0n) is 7.77. The smallest absolute Gasteiger partial charge is 0.211 e. The van der Waals surface area contributed by atoms with Gasteiger partial charge in [0.1, 0.15) is 0 Å². The highest BCUT2D eigenvalue weighted by molar-refractivity contribution is 7.88. The average Bonchev–Trinajstić information content (AvgIpc) is 2.03. The first-order chi connectivity index (χ1) is 5.54. The highest BCUT2D eigenvalue weighted by Crippen LogP contribution is 2.17. The fourth-order valence-corrected chi connectivity index (χ4v) is 2.46. The lowest BCUT2D eigenvalue weighted by Crippen LogP contribution is -2.41. The summed E-state index contributed by atoms with van der Waals surface area (Å²) in [6.45, 7) is 1.86. The van der Waals surface area contributed by atoms with Crippen molar-refractivity contribution in [2.24, 2.45) is 11.7 Å². The summed E-state index contributed by atoms with van der Waals surface area (Å²) < 4.78 is 23.8. The summed E-state index contributed by atoms with van der Waals surface area (Å²) in [6, 6.07) is 0. The van der Waals surface area contributed by atoms with Crippen LogP contribution in [0.3, 0.4) is 0 Å². The molecule has 0 saturated carbocycles. The molecule has 0 bridgehead atoms. The molecule has 0 aromatic heterocycles. The Morgan fingerprint density at radius 1 is 1.54 bits per heavy atom. The van der Waals surface area contributed by atoms with Gasteiger partial charge in [0, 0.05) is 13.1 Å². The molecule has 2 N–H and O–H groups in total. The molecule has 1 atom stereocenters. The minimum absolute atomic E-state index is 0. The van der Waals surface area contributed by atoms with Crippen LogP contribution < -0.4 is 5.73 Å². The maximum atomic E-state index is 11.1. The minimum Gasteiger partial charge on any atom is -0.330 e. The number of nitrogens with zero attached hydrogens (tertiary/aromatic N) is 1. The fraction of sp³-hybridized carbons (Fsp3) is 1.00. The Balaban J connectivity index is 0.00000144. The van der Waals surface area contributed by atoms with Crippen LogP contribution in [0.2, 0.25) is 0 Å². The molecule has 1 fully saturated rings. The molecule has 13 heavy (non-hydrogen) atoms. The summed E-state index contributed by atoms with van der Waals surface area (Å²) in [7, 11) is -2.99. The molecular weight excluding hydrogens is 212 g/mol. The summed E-state index contributed by atoms with van der Waals surface area (Å²) in [5, 5.41) is 0. The monoisotopic (exact) mass is 228 g/mol. The van der Waals surface area contributed by atoms with Crippen LogP contribution in [0.25, 0.3) is 0 Å². The largest absolute Gasteiger partial charge is 0.330 e. The second-order valence-electron chi connectivity index (χ2n) is 3.36. The van der Waals surface area contributed by atoms with Crippen molar-refractivity contribution < 1.29 is 8.42 Å². The van der Waals surface area contributed by atoms with Crippen LogP contribution >= 0.6 is 12.4 Å². The highest BCUT2D eigenvalue weighted by atomic mass is 35.5. The van der Waals surface area contributed by atoms with Gasteiger partial charge in [-0.15, -0.1) is 12.4 Å². The van der Waals surface area contributed by atoms with Gasteiger partial charge in [-0.1, -0.05) is 0 Å². The molecule has 1 saturated heterocycles. The molecule has 0 aromatic rings. The molecule has 1 rings (SSSR count). The lowest BCUT2D eigenvalue weighted by Gasteiger charge is -2.29. The number of sulfonamides is 1. The molecule has 0 aromatic carbocycles. The number of hydrogen-bond donors (Lipinski definition) is 1. The molecule has 80 valence electrons. The van der Waals surface area contributed by atoms with Crippen molar-refractivity contribution >= 4 is 22.4 Å². The van der Waals surface area contributed by atoms with E-state index in [1.54, 1.807) is 0 Å². The third-order valence-electron chi connectivity index (χ3n) is 2.28. The van der Waals surface area contributed by atoms with Crippen molar-refractivity contribution in [3.8, 4) is 0 Å². The van der Waals surface area contributed by atoms with E-state index < -0.39 is 10.0 Å². The SMILES string of the molecule is CS(=O)(=O)N1CCC[C@H](CN)C1.Cl. The van der Waals surface area contributed by atoms with Crippen molar-refractivity contribution in [1.29, 1.82) is 0 Å². The first kappa shape index (κ1) is 13.2. The van der Waals surface area contributed by atoms with Crippen LogP contribution in [-0.4, -0.2) is 38.6 Å². The predicted molar refractivity (Wildman–Crippen MR) is 55.4 cm³/mol. The normalized spacial score (nSPS) is 25.2. The quantitative estimate of drug-likeness (QED) is 0.726. The van der Waals surface area contributed by atoms with Gasteiger partial charge in [0.15, 0.2) is 0 Å². The van der Waals surface area contributed by atoms with Crippen molar-refractivity contribution in [3.63, 3.8) is 0 Å². The number of hydrogen-bond acceptors (Lipinski definition) is 3. The molecule has 1 aliphatic heterocycles. The Morgan fingerprint density at radius 2 is 2.15 bits per heavy atom. The average molecular weight is 229 g/mol. The highest BCUT2D eigenvalue weighted by Gasteiger charge is 2.24.